The number of carbonyl (C=O) groups is 2. The first-order valence-corrected chi connectivity index (χ1v) is 11.3. The number of nitrogens with zero attached hydrogens (tertiary/aromatic N) is 2. The minimum atomic E-state index is -0.517. The molecule has 0 radical (unpaired) electrons. The number of aromatic nitrogens is 3. The fraction of sp³-hybridized carbons (Fsp3) is 0.292. The number of hydrogen-bond acceptors (Lipinski definition) is 6. The van der Waals surface area contributed by atoms with Gasteiger partial charge in [0.15, 0.2) is 10.9 Å². The summed E-state index contributed by atoms with van der Waals surface area (Å²) in [7, 11) is 0. The lowest BCUT2D eigenvalue weighted by Gasteiger charge is -2.15. The van der Waals surface area contributed by atoms with Crippen molar-refractivity contribution < 1.29 is 9.59 Å². The maximum absolute atomic E-state index is 12.8. The molecule has 0 aliphatic heterocycles. The summed E-state index contributed by atoms with van der Waals surface area (Å²) in [5.41, 5.74) is 5.25. The number of aromatic amines is 1. The molecule has 0 aliphatic carbocycles. The molecule has 1 atom stereocenters. The molecule has 0 saturated carbocycles. The van der Waals surface area contributed by atoms with E-state index >= 15 is 0 Å². The van der Waals surface area contributed by atoms with Crippen LogP contribution in [0.3, 0.4) is 0 Å². The molecule has 172 valence electrons. The van der Waals surface area contributed by atoms with Crippen molar-refractivity contribution in [2.24, 2.45) is 0 Å². The van der Waals surface area contributed by atoms with Crippen LogP contribution < -0.4 is 16.2 Å². The maximum Gasteiger partial charge on any atom is 0.278 e. The number of thioether (sulfide) groups is 1. The van der Waals surface area contributed by atoms with Crippen LogP contribution in [0.25, 0.3) is 11.3 Å². The van der Waals surface area contributed by atoms with Crippen molar-refractivity contribution in [1.29, 1.82) is 0 Å². The van der Waals surface area contributed by atoms with E-state index in [1.165, 1.54) is 6.92 Å². The van der Waals surface area contributed by atoms with E-state index in [1.54, 1.807) is 13.0 Å². The summed E-state index contributed by atoms with van der Waals surface area (Å²) >= 11 is 1.11. The summed E-state index contributed by atoms with van der Waals surface area (Å²) in [6.07, 6.45) is 0. The number of nitrogens with one attached hydrogen (secondary N) is 3. The molecule has 2 amide bonds. The van der Waals surface area contributed by atoms with Gasteiger partial charge in [0.05, 0.1) is 10.9 Å². The molecule has 2 aromatic carbocycles. The lowest BCUT2D eigenvalue weighted by Crippen LogP contribution is -2.24. The van der Waals surface area contributed by atoms with E-state index in [0.29, 0.717) is 11.3 Å². The van der Waals surface area contributed by atoms with Gasteiger partial charge in [-0.2, -0.15) is 0 Å². The van der Waals surface area contributed by atoms with Crippen LogP contribution in [0.5, 0.6) is 0 Å². The lowest BCUT2D eigenvalue weighted by molar-refractivity contribution is -0.115. The first-order valence-electron chi connectivity index (χ1n) is 10.5. The number of anilines is 2. The number of benzene rings is 2. The van der Waals surface area contributed by atoms with Crippen LogP contribution in [0.1, 0.15) is 36.1 Å². The molecule has 33 heavy (non-hydrogen) atoms. The van der Waals surface area contributed by atoms with Gasteiger partial charge < -0.3 is 10.6 Å². The SMILES string of the molecule is CC(=O)Nc1c(C)cc(C)cc1-c1nnc(S[C@@H](C)C(=O)Nc2cccc(C)c2C)[nH]c1=O. The van der Waals surface area contributed by atoms with E-state index in [4.69, 9.17) is 0 Å². The highest BCUT2D eigenvalue weighted by Crippen LogP contribution is 2.30. The summed E-state index contributed by atoms with van der Waals surface area (Å²) in [6.45, 7) is 10.8. The minimum Gasteiger partial charge on any atom is -0.325 e. The average molecular weight is 466 g/mol. The van der Waals surface area contributed by atoms with Gasteiger partial charge in [0.1, 0.15) is 0 Å². The van der Waals surface area contributed by atoms with Crippen molar-refractivity contribution in [1.82, 2.24) is 15.2 Å². The molecule has 0 bridgehead atoms. The lowest BCUT2D eigenvalue weighted by atomic mass is 10.0. The van der Waals surface area contributed by atoms with Gasteiger partial charge in [0, 0.05) is 18.2 Å². The van der Waals surface area contributed by atoms with Gasteiger partial charge in [0.25, 0.3) is 5.56 Å². The number of carbonyl (C=O) groups excluding carboxylic acids is 2. The molecule has 0 unspecified atom stereocenters. The van der Waals surface area contributed by atoms with Gasteiger partial charge in [-0.05, 0) is 63.4 Å². The second kappa shape index (κ2) is 9.99. The standard InChI is InChI=1S/C24H27N5O3S/c1-12-10-14(3)20(25-17(6)30)18(11-12)21-23(32)27-24(29-28-21)33-16(5)22(31)26-19-9-7-8-13(2)15(19)4/h7-11,16H,1-6H3,(H,25,30)(H,26,31)(H,27,29,32)/t16-/m0/s1. The van der Waals surface area contributed by atoms with E-state index in [-0.39, 0.29) is 22.7 Å². The number of aryl methyl sites for hydroxylation is 3. The molecular weight excluding hydrogens is 438 g/mol. The monoisotopic (exact) mass is 465 g/mol. The van der Waals surface area contributed by atoms with Gasteiger partial charge in [-0.1, -0.05) is 35.5 Å². The Kier molecular flexibility index (Phi) is 7.33. The van der Waals surface area contributed by atoms with Crippen LogP contribution in [0, 0.1) is 27.7 Å². The average Bonchev–Trinajstić information content (AvgIpc) is 2.73. The van der Waals surface area contributed by atoms with E-state index in [1.807, 2.05) is 52.0 Å². The number of rotatable bonds is 6. The molecule has 3 aromatic rings. The smallest absolute Gasteiger partial charge is 0.278 e. The first kappa shape index (κ1) is 24.2. The molecule has 0 spiro atoms. The molecule has 9 heteroatoms. The Morgan fingerprint density at radius 1 is 1.03 bits per heavy atom. The van der Waals surface area contributed by atoms with Crippen molar-refractivity contribution in [3.63, 3.8) is 0 Å². The van der Waals surface area contributed by atoms with Gasteiger partial charge in [0.2, 0.25) is 11.8 Å². The Balaban J connectivity index is 1.83. The highest BCUT2D eigenvalue weighted by atomic mass is 32.2. The molecule has 0 fully saturated rings. The van der Waals surface area contributed by atoms with Crippen molar-refractivity contribution in [3.05, 3.63) is 62.9 Å². The molecule has 8 nitrogen and oxygen atoms in total. The van der Waals surface area contributed by atoms with Crippen LogP contribution in [0.4, 0.5) is 11.4 Å². The topological polar surface area (TPSA) is 117 Å². The molecule has 3 rings (SSSR count). The highest BCUT2D eigenvalue weighted by Gasteiger charge is 2.20. The molecule has 1 heterocycles. The van der Waals surface area contributed by atoms with E-state index in [0.717, 1.165) is 39.7 Å². The van der Waals surface area contributed by atoms with Crippen LogP contribution in [-0.4, -0.2) is 32.2 Å². The third kappa shape index (κ3) is 5.67. The second-order valence-electron chi connectivity index (χ2n) is 7.99. The van der Waals surface area contributed by atoms with E-state index in [9.17, 15) is 14.4 Å². The van der Waals surface area contributed by atoms with Crippen molar-refractivity contribution in [2.45, 2.75) is 51.9 Å². The number of hydrogen-bond donors (Lipinski definition) is 3. The predicted molar refractivity (Wildman–Crippen MR) is 132 cm³/mol. The summed E-state index contributed by atoms with van der Waals surface area (Å²) in [5.74, 6) is -0.453. The third-order valence-corrected chi connectivity index (χ3v) is 6.21. The Labute approximate surface area is 196 Å². The van der Waals surface area contributed by atoms with Crippen LogP contribution in [-0.2, 0) is 9.59 Å². The zero-order valence-electron chi connectivity index (χ0n) is 19.5. The van der Waals surface area contributed by atoms with Crippen LogP contribution >= 0.6 is 11.8 Å². The van der Waals surface area contributed by atoms with Gasteiger partial charge in [-0.3, -0.25) is 19.4 Å². The summed E-state index contributed by atoms with van der Waals surface area (Å²) < 4.78 is 0. The molecule has 0 saturated heterocycles. The first-order chi connectivity index (χ1) is 15.6. The zero-order chi connectivity index (χ0) is 24.3. The number of H-pyrrole nitrogens is 1. The minimum absolute atomic E-state index is 0.0994. The fourth-order valence-electron chi connectivity index (χ4n) is 3.39. The van der Waals surface area contributed by atoms with Crippen molar-refractivity contribution in [2.75, 3.05) is 10.6 Å². The van der Waals surface area contributed by atoms with Gasteiger partial charge in [-0.15, -0.1) is 10.2 Å². The molecule has 0 aliphatic rings. The van der Waals surface area contributed by atoms with Gasteiger partial charge in [-0.25, -0.2) is 0 Å². The Morgan fingerprint density at radius 2 is 1.76 bits per heavy atom. The van der Waals surface area contributed by atoms with Gasteiger partial charge >= 0.3 is 0 Å². The van der Waals surface area contributed by atoms with E-state index < -0.39 is 10.8 Å². The Hall–Kier alpha value is -3.46. The summed E-state index contributed by atoms with van der Waals surface area (Å²) in [5, 5.41) is 13.7. The van der Waals surface area contributed by atoms with E-state index in [2.05, 4.69) is 25.8 Å². The molecular formula is C24H27N5O3S. The largest absolute Gasteiger partial charge is 0.325 e. The Morgan fingerprint density at radius 3 is 2.42 bits per heavy atom. The Bertz CT molecular complexity index is 1290. The summed E-state index contributed by atoms with van der Waals surface area (Å²) in [6, 6.07) is 9.42. The highest BCUT2D eigenvalue weighted by molar-refractivity contribution is 8.00. The maximum atomic E-state index is 12.8. The zero-order valence-corrected chi connectivity index (χ0v) is 20.3. The van der Waals surface area contributed by atoms with Crippen LogP contribution in [0.2, 0.25) is 0 Å². The second-order valence-corrected chi connectivity index (χ2v) is 9.32. The predicted octanol–water partition coefficient (Wildman–Crippen LogP) is 4.14. The molecule has 3 N–H and O–H groups in total. The molecule has 1 aromatic heterocycles. The normalized spacial score (nSPS) is 11.7. The van der Waals surface area contributed by atoms with Crippen molar-refractivity contribution in [3.8, 4) is 11.3 Å². The quantitative estimate of drug-likeness (QED) is 0.471. The van der Waals surface area contributed by atoms with Crippen LogP contribution in [0.15, 0.2) is 40.3 Å². The number of amides is 2. The van der Waals surface area contributed by atoms with Crippen molar-refractivity contribution >= 4 is 35.0 Å². The fourth-order valence-corrected chi connectivity index (χ4v) is 4.13. The summed E-state index contributed by atoms with van der Waals surface area (Å²) in [4.78, 5) is 39.9. The third-order valence-electron chi connectivity index (χ3n) is 5.23.